The Balaban J connectivity index is 2.08. The van der Waals surface area contributed by atoms with Gasteiger partial charge in [-0.15, -0.1) is 0 Å². The van der Waals surface area contributed by atoms with Crippen LogP contribution in [0.2, 0.25) is 0 Å². The molecule has 1 amide bonds. The molecule has 0 saturated heterocycles. The summed E-state index contributed by atoms with van der Waals surface area (Å²) in [6, 6.07) is -0.217. The van der Waals surface area contributed by atoms with E-state index in [9.17, 15) is 4.79 Å². The molecule has 118 valence electrons. The number of carbonyl (C=O) groups excluding carboxylic acids is 1. The third kappa shape index (κ3) is 4.06. The van der Waals surface area contributed by atoms with Gasteiger partial charge in [0, 0.05) is 31.4 Å². The SMILES string of the molecule is CC(C)CCN(C(=O)C(N)c1cnn(C)c1)C1CCCC1. The summed E-state index contributed by atoms with van der Waals surface area (Å²) in [7, 11) is 1.84. The van der Waals surface area contributed by atoms with E-state index in [4.69, 9.17) is 5.73 Å². The van der Waals surface area contributed by atoms with Crippen LogP contribution in [0.3, 0.4) is 0 Å². The number of rotatable bonds is 6. The topological polar surface area (TPSA) is 64.2 Å². The predicted molar refractivity (Wildman–Crippen MR) is 83.6 cm³/mol. The first-order chi connectivity index (χ1) is 9.99. The molecule has 1 aromatic rings. The summed E-state index contributed by atoms with van der Waals surface area (Å²) in [5.74, 6) is 0.645. The van der Waals surface area contributed by atoms with Crippen LogP contribution in [0.15, 0.2) is 12.4 Å². The van der Waals surface area contributed by atoms with Crippen LogP contribution in [0, 0.1) is 5.92 Å². The van der Waals surface area contributed by atoms with E-state index in [-0.39, 0.29) is 5.91 Å². The van der Waals surface area contributed by atoms with E-state index in [0.29, 0.717) is 12.0 Å². The average Bonchev–Trinajstić information content (AvgIpc) is 3.09. The van der Waals surface area contributed by atoms with Crippen LogP contribution < -0.4 is 5.73 Å². The second kappa shape index (κ2) is 7.07. The van der Waals surface area contributed by atoms with Gasteiger partial charge < -0.3 is 10.6 Å². The first-order valence-electron chi connectivity index (χ1n) is 8.03. The number of amides is 1. The maximum Gasteiger partial charge on any atom is 0.244 e. The zero-order valence-corrected chi connectivity index (χ0v) is 13.5. The van der Waals surface area contributed by atoms with Crippen LogP contribution >= 0.6 is 0 Å². The average molecular weight is 292 g/mol. The van der Waals surface area contributed by atoms with Gasteiger partial charge in [-0.2, -0.15) is 5.10 Å². The summed E-state index contributed by atoms with van der Waals surface area (Å²) in [6.45, 7) is 5.20. The lowest BCUT2D eigenvalue weighted by molar-refractivity contribution is -0.135. The van der Waals surface area contributed by atoms with Gasteiger partial charge in [-0.3, -0.25) is 9.48 Å². The molecule has 0 radical (unpaired) electrons. The van der Waals surface area contributed by atoms with Gasteiger partial charge in [-0.05, 0) is 25.2 Å². The second-order valence-electron chi connectivity index (χ2n) is 6.58. The molecule has 1 saturated carbocycles. The molecule has 1 aliphatic rings. The Hall–Kier alpha value is -1.36. The van der Waals surface area contributed by atoms with E-state index in [0.717, 1.165) is 31.4 Å². The van der Waals surface area contributed by atoms with Gasteiger partial charge in [0.05, 0.1) is 6.20 Å². The zero-order chi connectivity index (χ0) is 15.4. The second-order valence-corrected chi connectivity index (χ2v) is 6.58. The lowest BCUT2D eigenvalue weighted by atomic mass is 10.1. The minimum atomic E-state index is -0.591. The van der Waals surface area contributed by atoms with E-state index in [1.165, 1.54) is 12.8 Å². The van der Waals surface area contributed by atoms with Crippen LogP contribution in [0.5, 0.6) is 0 Å². The number of nitrogens with zero attached hydrogens (tertiary/aromatic N) is 3. The Bertz CT molecular complexity index is 463. The Morgan fingerprint density at radius 3 is 2.67 bits per heavy atom. The van der Waals surface area contributed by atoms with E-state index >= 15 is 0 Å². The van der Waals surface area contributed by atoms with E-state index in [2.05, 4.69) is 18.9 Å². The van der Waals surface area contributed by atoms with Crippen molar-refractivity contribution in [3.05, 3.63) is 18.0 Å². The molecule has 1 fully saturated rings. The third-order valence-electron chi connectivity index (χ3n) is 4.35. The molecule has 0 spiro atoms. The van der Waals surface area contributed by atoms with Crippen LogP contribution in [0.4, 0.5) is 0 Å². The molecular formula is C16H28N4O. The summed E-state index contributed by atoms with van der Waals surface area (Å²) in [4.78, 5) is 14.8. The third-order valence-corrected chi connectivity index (χ3v) is 4.35. The zero-order valence-electron chi connectivity index (χ0n) is 13.5. The molecule has 5 nitrogen and oxygen atoms in total. The van der Waals surface area contributed by atoms with Gasteiger partial charge in [0.25, 0.3) is 0 Å². The number of aromatic nitrogens is 2. The van der Waals surface area contributed by atoms with Gasteiger partial charge in [0.1, 0.15) is 6.04 Å². The highest BCUT2D eigenvalue weighted by Crippen LogP contribution is 2.26. The molecular weight excluding hydrogens is 264 g/mol. The minimum Gasteiger partial charge on any atom is -0.338 e. The van der Waals surface area contributed by atoms with Crippen LogP contribution in [-0.4, -0.2) is 33.2 Å². The van der Waals surface area contributed by atoms with Crippen LogP contribution in [0.25, 0.3) is 0 Å². The Kier molecular flexibility index (Phi) is 5.39. The Labute approximate surface area is 127 Å². The van der Waals surface area contributed by atoms with Crippen molar-refractivity contribution in [2.45, 2.75) is 58.0 Å². The molecule has 5 heteroatoms. The molecule has 0 bridgehead atoms. The first-order valence-corrected chi connectivity index (χ1v) is 8.03. The van der Waals surface area contributed by atoms with Crippen LogP contribution in [0.1, 0.15) is 57.6 Å². The van der Waals surface area contributed by atoms with Gasteiger partial charge in [0.15, 0.2) is 0 Å². The highest BCUT2D eigenvalue weighted by atomic mass is 16.2. The van der Waals surface area contributed by atoms with Crippen LogP contribution in [-0.2, 0) is 11.8 Å². The number of nitrogens with two attached hydrogens (primary N) is 1. The van der Waals surface area contributed by atoms with Crippen molar-refractivity contribution in [1.29, 1.82) is 0 Å². The summed E-state index contributed by atoms with van der Waals surface area (Å²) in [5, 5.41) is 4.12. The Morgan fingerprint density at radius 2 is 2.14 bits per heavy atom. The van der Waals surface area contributed by atoms with Gasteiger partial charge in [0.2, 0.25) is 5.91 Å². The van der Waals surface area contributed by atoms with Gasteiger partial charge in [-0.1, -0.05) is 26.7 Å². The molecule has 0 aliphatic heterocycles. The fourth-order valence-electron chi connectivity index (χ4n) is 3.01. The van der Waals surface area contributed by atoms with E-state index < -0.39 is 6.04 Å². The van der Waals surface area contributed by atoms with Crippen molar-refractivity contribution >= 4 is 5.91 Å². The fraction of sp³-hybridized carbons (Fsp3) is 0.750. The summed E-state index contributed by atoms with van der Waals surface area (Å²) in [5.41, 5.74) is 6.98. The molecule has 1 unspecified atom stereocenters. The maximum atomic E-state index is 12.8. The summed E-state index contributed by atoms with van der Waals surface area (Å²) in [6.07, 6.45) is 9.22. The lowest BCUT2D eigenvalue weighted by Crippen LogP contribution is -2.44. The molecule has 1 heterocycles. The molecule has 1 aliphatic carbocycles. The highest BCUT2D eigenvalue weighted by molar-refractivity contribution is 5.83. The largest absolute Gasteiger partial charge is 0.338 e. The first kappa shape index (κ1) is 16.0. The standard InChI is InChI=1S/C16H28N4O/c1-12(2)8-9-20(14-6-4-5-7-14)16(21)15(17)13-10-18-19(3)11-13/h10-12,14-15H,4-9,17H2,1-3H3. The molecule has 1 atom stereocenters. The normalized spacial score (nSPS) is 17.4. The Morgan fingerprint density at radius 1 is 1.48 bits per heavy atom. The molecule has 2 N–H and O–H groups in total. The molecule has 0 aromatic carbocycles. The number of aryl methyl sites for hydroxylation is 1. The predicted octanol–water partition coefficient (Wildman–Crippen LogP) is 2.24. The van der Waals surface area contributed by atoms with Crippen molar-refractivity contribution in [3.8, 4) is 0 Å². The minimum absolute atomic E-state index is 0.0514. The quantitative estimate of drug-likeness (QED) is 0.874. The number of hydrogen-bond acceptors (Lipinski definition) is 3. The summed E-state index contributed by atoms with van der Waals surface area (Å²) < 4.78 is 1.69. The molecule has 2 rings (SSSR count). The number of hydrogen-bond donors (Lipinski definition) is 1. The van der Waals surface area contributed by atoms with Crippen molar-refractivity contribution in [2.24, 2.45) is 18.7 Å². The van der Waals surface area contributed by atoms with Gasteiger partial charge >= 0.3 is 0 Å². The lowest BCUT2D eigenvalue weighted by Gasteiger charge is -2.31. The van der Waals surface area contributed by atoms with Crippen molar-refractivity contribution < 1.29 is 4.79 Å². The smallest absolute Gasteiger partial charge is 0.244 e. The van der Waals surface area contributed by atoms with Crippen molar-refractivity contribution in [3.63, 3.8) is 0 Å². The maximum absolute atomic E-state index is 12.8. The van der Waals surface area contributed by atoms with E-state index in [1.807, 2.05) is 18.1 Å². The van der Waals surface area contributed by atoms with E-state index in [1.54, 1.807) is 10.9 Å². The van der Waals surface area contributed by atoms with Crippen molar-refractivity contribution in [2.75, 3.05) is 6.54 Å². The van der Waals surface area contributed by atoms with Gasteiger partial charge in [-0.25, -0.2) is 0 Å². The monoisotopic (exact) mass is 292 g/mol. The fourth-order valence-corrected chi connectivity index (χ4v) is 3.01. The highest BCUT2D eigenvalue weighted by Gasteiger charge is 2.30. The molecule has 21 heavy (non-hydrogen) atoms. The molecule has 1 aromatic heterocycles. The number of carbonyl (C=O) groups is 1. The van der Waals surface area contributed by atoms with Crippen molar-refractivity contribution in [1.82, 2.24) is 14.7 Å². The summed E-state index contributed by atoms with van der Waals surface area (Å²) >= 11 is 0.